The van der Waals surface area contributed by atoms with Crippen LogP contribution in [-0.2, 0) is 6.54 Å². The van der Waals surface area contributed by atoms with Crippen LogP contribution in [-0.4, -0.2) is 6.61 Å². The number of halogens is 3. The van der Waals surface area contributed by atoms with E-state index >= 15 is 0 Å². The van der Waals surface area contributed by atoms with Crippen LogP contribution < -0.4 is 10.1 Å². The second kappa shape index (κ2) is 6.57. The third kappa shape index (κ3) is 3.84. The highest BCUT2D eigenvalue weighted by molar-refractivity contribution is 6.30. The molecule has 0 spiro atoms. The molecule has 0 aliphatic rings. The molecule has 0 aliphatic carbocycles. The molecule has 0 saturated heterocycles. The predicted octanol–water partition coefficient (Wildman–Crippen LogP) is 4.86. The van der Waals surface area contributed by atoms with Gasteiger partial charge in [-0.3, -0.25) is 0 Å². The van der Waals surface area contributed by atoms with E-state index in [1.54, 1.807) is 24.3 Å². The summed E-state index contributed by atoms with van der Waals surface area (Å²) in [6.45, 7) is -0.382. The third-order valence-corrected chi connectivity index (χ3v) is 3.11. The van der Waals surface area contributed by atoms with E-state index in [0.717, 1.165) is 11.1 Å². The minimum absolute atomic E-state index is 0.133. The van der Waals surface area contributed by atoms with Crippen molar-refractivity contribution in [2.75, 3.05) is 5.32 Å². The number of anilines is 1. The lowest BCUT2D eigenvalue weighted by molar-refractivity contribution is -0.0493. The summed E-state index contributed by atoms with van der Waals surface area (Å²) in [5.41, 5.74) is 2.61. The number of hydrogen-bond acceptors (Lipinski definition) is 2. The largest absolute Gasteiger partial charge is 0.433 e. The van der Waals surface area contributed by atoms with Gasteiger partial charge in [0, 0.05) is 11.6 Å². The van der Waals surface area contributed by atoms with Gasteiger partial charge in [0.05, 0.1) is 5.69 Å². The molecule has 0 atom stereocenters. The smallest absolute Gasteiger partial charge is 0.387 e. The SMILES string of the molecule is Cc1cc(Cl)ccc1CNc1ccccc1OC(F)F. The van der Waals surface area contributed by atoms with Gasteiger partial charge in [0.15, 0.2) is 0 Å². The van der Waals surface area contributed by atoms with E-state index in [4.69, 9.17) is 11.6 Å². The summed E-state index contributed by atoms with van der Waals surface area (Å²) in [5.74, 6) is 0.133. The van der Waals surface area contributed by atoms with Crippen molar-refractivity contribution in [1.82, 2.24) is 0 Å². The van der Waals surface area contributed by atoms with Crippen molar-refractivity contribution >= 4 is 17.3 Å². The highest BCUT2D eigenvalue weighted by atomic mass is 35.5. The summed E-state index contributed by atoms with van der Waals surface area (Å²) < 4.78 is 29.1. The van der Waals surface area contributed by atoms with Gasteiger partial charge in [-0.2, -0.15) is 8.78 Å². The Morgan fingerprint density at radius 2 is 1.95 bits per heavy atom. The maximum absolute atomic E-state index is 12.3. The van der Waals surface area contributed by atoms with E-state index in [1.807, 2.05) is 19.1 Å². The maximum Gasteiger partial charge on any atom is 0.387 e. The molecule has 0 radical (unpaired) electrons. The van der Waals surface area contributed by atoms with Crippen LogP contribution in [0.25, 0.3) is 0 Å². The molecule has 0 unspecified atom stereocenters. The zero-order valence-corrected chi connectivity index (χ0v) is 11.6. The van der Waals surface area contributed by atoms with Crippen LogP contribution in [0.15, 0.2) is 42.5 Å². The first-order valence-corrected chi connectivity index (χ1v) is 6.47. The number of benzene rings is 2. The zero-order valence-electron chi connectivity index (χ0n) is 10.9. The fourth-order valence-corrected chi connectivity index (χ4v) is 2.09. The van der Waals surface area contributed by atoms with E-state index in [2.05, 4.69) is 10.1 Å². The maximum atomic E-state index is 12.3. The fourth-order valence-electron chi connectivity index (χ4n) is 1.86. The Morgan fingerprint density at radius 1 is 1.20 bits per heavy atom. The van der Waals surface area contributed by atoms with E-state index in [1.165, 1.54) is 6.07 Å². The Morgan fingerprint density at radius 3 is 2.65 bits per heavy atom. The van der Waals surface area contributed by atoms with Crippen molar-refractivity contribution < 1.29 is 13.5 Å². The lowest BCUT2D eigenvalue weighted by Crippen LogP contribution is -2.07. The van der Waals surface area contributed by atoms with Crippen molar-refractivity contribution in [3.05, 3.63) is 58.6 Å². The monoisotopic (exact) mass is 297 g/mol. The van der Waals surface area contributed by atoms with Gasteiger partial charge in [-0.05, 0) is 42.3 Å². The second-order valence-electron chi connectivity index (χ2n) is 4.30. The molecule has 0 bridgehead atoms. The van der Waals surface area contributed by atoms with Crippen LogP contribution in [0.1, 0.15) is 11.1 Å². The predicted molar refractivity (Wildman–Crippen MR) is 76.6 cm³/mol. The molecule has 2 nitrogen and oxygen atoms in total. The summed E-state index contributed by atoms with van der Waals surface area (Å²) in [7, 11) is 0. The Hall–Kier alpha value is -1.81. The van der Waals surface area contributed by atoms with Gasteiger partial charge in [-0.25, -0.2) is 0 Å². The Kier molecular flexibility index (Phi) is 4.79. The van der Waals surface area contributed by atoms with E-state index in [0.29, 0.717) is 17.3 Å². The van der Waals surface area contributed by atoms with Crippen molar-refractivity contribution in [3.8, 4) is 5.75 Å². The first-order chi connectivity index (χ1) is 9.56. The van der Waals surface area contributed by atoms with Crippen molar-refractivity contribution in [2.45, 2.75) is 20.1 Å². The van der Waals surface area contributed by atoms with Gasteiger partial charge < -0.3 is 10.1 Å². The number of alkyl halides is 2. The number of ether oxygens (including phenoxy) is 1. The Bertz CT molecular complexity index is 590. The number of nitrogens with one attached hydrogen (secondary N) is 1. The lowest BCUT2D eigenvalue weighted by atomic mass is 10.1. The molecule has 2 aromatic rings. The molecular weight excluding hydrogens is 284 g/mol. The molecule has 20 heavy (non-hydrogen) atoms. The van der Waals surface area contributed by atoms with Gasteiger partial charge >= 0.3 is 6.61 Å². The standard InChI is InChI=1S/C15H14ClF2NO/c1-10-8-12(16)7-6-11(10)9-19-13-4-2-3-5-14(13)20-15(17)18/h2-8,15,19H,9H2,1H3. The molecule has 2 aromatic carbocycles. The summed E-state index contributed by atoms with van der Waals surface area (Å²) in [4.78, 5) is 0. The molecule has 106 valence electrons. The average molecular weight is 298 g/mol. The van der Waals surface area contributed by atoms with Crippen LogP contribution in [0.4, 0.5) is 14.5 Å². The number of aryl methyl sites for hydroxylation is 1. The van der Waals surface area contributed by atoms with Crippen LogP contribution in [0.3, 0.4) is 0 Å². The van der Waals surface area contributed by atoms with E-state index < -0.39 is 6.61 Å². The number of para-hydroxylation sites is 2. The first kappa shape index (κ1) is 14.6. The minimum atomic E-state index is -2.84. The quantitative estimate of drug-likeness (QED) is 0.851. The van der Waals surface area contributed by atoms with Crippen LogP contribution in [0, 0.1) is 6.92 Å². The third-order valence-electron chi connectivity index (χ3n) is 2.88. The van der Waals surface area contributed by atoms with Crippen LogP contribution in [0.5, 0.6) is 5.75 Å². The van der Waals surface area contributed by atoms with Gasteiger partial charge in [-0.15, -0.1) is 0 Å². The molecule has 2 rings (SSSR count). The minimum Gasteiger partial charge on any atom is -0.433 e. The first-order valence-electron chi connectivity index (χ1n) is 6.09. The molecule has 1 N–H and O–H groups in total. The molecular formula is C15H14ClF2NO. The molecule has 0 fully saturated rings. The van der Waals surface area contributed by atoms with Crippen molar-refractivity contribution in [3.63, 3.8) is 0 Å². The lowest BCUT2D eigenvalue weighted by Gasteiger charge is -2.13. The number of hydrogen-bond donors (Lipinski definition) is 1. The average Bonchev–Trinajstić information content (AvgIpc) is 2.39. The van der Waals surface area contributed by atoms with Crippen molar-refractivity contribution in [1.29, 1.82) is 0 Å². The summed E-state index contributed by atoms with van der Waals surface area (Å²) in [6, 6.07) is 12.2. The number of rotatable bonds is 5. The van der Waals surface area contributed by atoms with E-state index in [9.17, 15) is 8.78 Å². The highest BCUT2D eigenvalue weighted by Crippen LogP contribution is 2.26. The summed E-state index contributed by atoms with van der Waals surface area (Å²) in [6.07, 6.45) is 0. The van der Waals surface area contributed by atoms with E-state index in [-0.39, 0.29) is 5.75 Å². The summed E-state index contributed by atoms with van der Waals surface area (Å²) >= 11 is 5.89. The molecule has 0 aromatic heterocycles. The Balaban J connectivity index is 2.10. The fraction of sp³-hybridized carbons (Fsp3) is 0.200. The highest BCUT2D eigenvalue weighted by Gasteiger charge is 2.09. The topological polar surface area (TPSA) is 21.3 Å². The van der Waals surface area contributed by atoms with Crippen molar-refractivity contribution in [2.24, 2.45) is 0 Å². The van der Waals surface area contributed by atoms with Crippen LogP contribution >= 0.6 is 11.6 Å². The summed E-state index contributed by atoms with van der Waals surface area (Å²) in [5, 5.41) is 3.77. The molecule has 5 heteroatoms. The molecule has 0 aliphatic heterocycles. The van der Waals surface area contributed by atoms with Gasteiger partial charge in [0.1, 0.15) is 5.75 Å². The van der Waals surface area contributed by atoms with Gasteiger partial charge in [-0.1, -0.05) is 29.8 Å². The van der Waals surface area contributed by atoms with Gasteiger partial charge in [0.2, 0.25) is 0 Å². The van der Waals surface area contributed by atoms with Gasteiger partial charge in [0.25, 0.3) is 0 Å². The normalized spacial score (nSPS) is 10.7. The van der Waals surface area contributed by atoms with Crippen LogP contribution in [0.2, 0.25) is 5.02 Å². The second-order valence-corrected chi connectivity index (χ2v) is 4.74. The Labute approximate surface area is 121 Å². The molecule has 0 heterocycles. The zero-order chi connectivity index (χ0) is 14.5. The molecule has 0 saturated carbocycles. The molecule has 0 amide bonds.